The zero-order valence-electron chi connectivity index (χ0n) is 6.68. The third-order valence-electron chi connectivity index (χ3n) is 1.12. The molecule has 3 N–H and O–H groups in total. The molecule has 1 atom stereocenters. The van der Waals surface area contributed by atoms with E-state index in [9.17, 15) is 0 Å². The van der Waals surface area contributed by atoms with Gasteiger partial charge in [0.05, 0.1) is 6.61 Å². The van der Waals surface area contributed by atoms with E-state index in [2.05, 4.69) is 15.6 Å². The number of aliphatic imine (C=N–C) groups is 1. The van der Waals surface area contributed by atoms with Gasteiger partial charge in [-0.3, -0.25) is 4.99 Å². The summed E-state index contributed by atoms with van der Waals surface area (Å²) in [6, 6.07) is 0.0474. The average Bonchev–Trinajstić information content (AvgIpc) is 1.99. The van der Waals surface area contributed by atoms with Gasteiger partial charge in [-0.05, 0) is 6.92 Å². The smallest absolute Gasteiger partial charge is 0.191 e. The van der Waals surface area contributed by atoms with Crippen molar-refractivity contribution in [3.8, 4) is 0 Å². The summed E-state index contributed by atoms with van der Waals surface area (Å²) in [5.74, 6) is 0.696. The molecule has 0 spiro atoms. The Morgan fingerprint density at radius 3 is 2.60 bits per heavy atom. The van der Waals surface area contributed by atoms with E-state index >= 15 is 0 Å². The van der Waals surface area contributed by atoms with Crippen molar-refractivity contribution in [3.63, 3.8) is 0 Å². The van der Waals surface area contributed by atoms with Crippen molar-refractivity contribution in [2.45, 2.75) is 13.0 Å². The maximum absolute atomic E-state index is 8.63. The monoisotopic (exact) mass is 145 g/mol. The minimum absolute atomic E-state index is 0.0474. The molecule has 0 saturated heterocycles. The topological polar surface area (TPSA) is 56.7 Å². The van der Waals surface area contributed by atoms with Crippen molar-refractivity contribution in [1.29, 1.82) is 0 Å². The van der Waals surface area contributed by atoms with Gasteiger partial charge in [0.15, 0.2) is 5.96 Å². The van der Waals surface area contributed by atoms with Crippen molar-refractivity contribution in [3.05, 3.63) is 0 Å². The van der Waals surface area contributed by atoms with Crippen LogP contribution in [0.3, 0.4) is 0 Å². The van der Waals surface area contributed by atoms with E-state index in [1.807, 2.05) is 6.92 Å². The summed E-state index contributed by atoms with van der Waals surface area (Å²) in [5, 5.41) is 14.4. The molecule has 0 amide bonds. The van der Waals surface area contributed by atoms with Crippen LogP contribution in [0.2, 0.25) is 0 Å². The molecule has 0 aliphatic rings. The Morgan fingerprint density at radius 1 is 1.70 bits per heavy atom. The molecule has 0 aliphatic heterocycles. The molecule has 0 heterocycles. The summed E-state index contributed by atoms with van der Waals surface area (Å²) in [7, 11) is 3.46. The molecule has 0 aromatic carbocycles. The fourth-order valence-corrected chi connectivity index (χ4v) is 0.528. The molecule has 1 unspecified atom stereocenters. The number of nitrogens with zero attached hydrogens (tertiary/aromatic N) is 1. The maximum Gasteiger partial charge on any atom is 0.191 e. The van der Waals surface area contributed by atoms with Crippen LogP contribution in [-0.4, -0.2) is 37.8 Å². The zero-order chi connectivity index (χ0) is 7.98. The molecular weight excluding hydrogens is 130 g/mol. The van der Waals surface area contributed by atoms with Crippen molar-refractivity contribution in [1.82, 2.24) is 10.6 Å². The highest BCUT2D eigenvalue weighted by molar-refractivity contribution is 5.79. The van der Waals surface area contributed by atoms with E-state index in [0.29, 0.717) is 5.96 Å². The number of hydrogen-bond donors (Lipinski definition) is 3. The summed E-state index contributed by atoms with van der Waals surface area (Å²) >= 11 is 0. The van der Waals surface area contributed by atoms with Crippen molar-refractivity contribution in [2.75, 3.05) is 20.7 Å². The molecule has 4 nitrogen and oxygen atoms in total. The van der Waals surface area contributed by atoms with Gasteiger partial charge in [0.25, 0.3) is 0 Å². The predicted molar refractivity (Wildman–Crippen MR) is 42.1 cm³/mol. The third-order valence-corrected chi connectivity index (χ3v) is 1.12. The fraction of sp³-hybridized carbons (Fsp3) is 0.833. The lowest BCUT2D eigenvalue weighted by Gasteiger charge is -2.12. The van der Waals surface area contributed by atoms with Crippen LogP contribution in [0, 0.1) is 0 Å². The Morgan fingerprint density at radius 2 is 2.30 bits per heavy atom. The molecule has 0 fully saturated rings. The van der Waals surface area contributed by atoms with Crippen LogP contribution in [0.4, 0.5) is 0 Å². The minimum atomic E-state index is 0.0474. The lowest BCUT2D eigenvalue weighted by atomic mass is 10.4. The van der Waals surface area contributed by atoms with Gasteiger partial charge in [-0.25, -0.2) is 0 Å². The van der Waals surface area contributed by atoms with Crippen LogP contribution in [0.15, 0.2) is 4.99 Å². The molecular formula is C6H15N3O. The van der Waals surface area contributed by atoms with Gasteiger partial charge in [-0.1, -0.05) is 0 Å². The Kier molecular flexibility index (Phi) is 4.66. The lowest BCUT2D eigenvalue weighted by Crippen LogP contribution is -2.41. The third kappa shape index (κ3) is 3.29. The number of guanidine groups is 1. The number of nitrogens with one attached hydrogen (secondary N) is 2. The van der Waals surface area contributed by atoms with Crippen LogP contribution in [0.25, 0.3) is 0 Å². The molecule has 10 heavy (non-hydrogen) atoms. The molecule has 0 radical (unpaired) electrons. The van der Waals surface area contributed by atoms with E-state index < -0.39 is 0 Å². The predicted octanol–water partition coefficient (Wildman–Crippen LogP) is -0.838. The zero-order valence-corrected chi connectivity index (χ0v) is 6.68. The number of aliphatic hydroxyl groups is 1. The fourth-order valence-electron chi connectivity index (χ4n) is 0.528. The van der Waals surface area contributed by atoms with E-state index in [0.717, 1.165) is 0 Å². The Labute approximate surface area is 61.4 Å². The molecule has 0 rings (SSSR count). The largest absolute Gasteiger partial charge is 0.394 e. The second-order valence-corrected chi connectivity index (χ2v) is 2.05. The standard InChI is InChI=1S/C6H15N3O/c1-5(4-10)9-6(7-2)8-3/h5,10H,4H2,1-3H3,(H2,7,8,9). The maximum atomic E-state index is 8.63. The second-order valence-electron chi connectivity index (χ2n) is 2.05. The highest BCUT2D eigenvalue weighted by Crippen LogP contribution is 1.76. The number of hydrogen-bond acceptors (Lipinski definition) is 2. The number of aliphatic hydroxyl groups excluding tert-OH is 1. The molecule has 60 valence electrons. The Balaban J connectivity index is 3.64. The Hall–Kier alpha value is -0.770. The first-order valence-electron chi connectivity index (χ1n) is 3.26. The van der Waals surface area contributed by atoms with Gasteiger partial charge < -0.3 is 15.7 Å². The van der Waals surface area contributed by atoms with Crippen LogP contribution in [0.1, 0.15) is 6.92 Å². The van der Waals surface area contributed by atoms with Crippen LogP contribution >= 0.6 is 0 Å². The molecule has 0 aromatic heterocycles. The summed E-state index contributed by atoms with van der Waals surface area (Å²) in [6.45, 7) is 1.99. The van der Waals surface area contributed by atoms with Gasteiger partial charge in [0, 0.05) is 20.1 Å². The highest BCUT2D eigenvalue weighted by Gasteiger charge is 1.99. The van der Waals surface area contributed by atoms with E-state index in [1.165, 1.54) is 0 Å². The lowest BCUT2D eigenvalue weighted by molar-refractivity contribution is 0.263. The van der Waals surface area contributed by atoms with E-state index in [1.54, 1.807) is 14.1 Å². The quantitative estimate of drug-likeness (QED) is 0.351. The first kappa shape index (κ1) is 9.23. The van der Waals surface area contributed by atoms with Gasteiger partial charge in [-0.2, -0.15) is 0 Å². The van der Waals surface area contributed by atoms with Crippen LogP contribution < -0.4 is 10.6 Å². The molecule has 0 saturated carbocycles. The van der Waals surface area contributed by atoms with Gasteiger partial charge >= 0.3 is 0 Å². The SMILES string of the molecule is CN=C(NC)NC(C)CO. The van der Waals surface area contributed by atoms with E-state index in [-0.39, 0.29) is 12.6 Å². The van der Waals surface area contributed by atoms with Crippen molar-refractivity contribution in [2.24, 2.45) is 4.99 Å². The van der Waals surface area contributed by atoms with Crippen molar-refractivity contribution < 1.29 is 5.11 Å². The summed E-state index contributed by atoms with van der Waals surface area (Å²) in [5.41, 5.74) is 0. The summed E-state index contributed by atoms with van der Waals surface area (Å²) in [6.07, 6.45) is 0. The highest BCUT2D eigenvalue weighted by atomic mass is 16.3. The molecule has 4 heteroatoms. The van der Waals surface area contributed by atoms with Gasteiger partial charge in [0.2, 0.25) is 0 Å². The van der Waals surface area contributed by atoms with Crippen LogP contribution in [-0.2, 0) is 0 Å². The summed E-state index contributed by atoms with van der Waals surface area (Å²) in [4.78, 5) is 3.88. The van der Waals surface area contributed by atoms with Crippen LogP contribution in [0.5, 0.6) is 0 Å². The second kappa shape index (κ2) is 5.05. The van der Waals surface area contributed by atoms with Gasteiger partial charge in [-0.15, -0.1) is 0 Å². The summed E-state index contributed by atoms with van der Waals surface area (Å²) < 4.78 is 0. The minimum Gasteiger partial charge on any atom is -0.394 e. The van der Waals surface area contributed by atoms with Gasteiger partial charge in [0.1, 0.15) is 0 Å². The average molecular weight is 145 g/mol. The first-order valence-corrected chi connectivity index (χ1v) is 3.26. The molecule has 0 aliphatic carbocycles. The molecule has 0 aromatic rings. The van der Waals surface area contributed by atoms with Crippen molar-refractivity contribution >= 4 is 5.96 Å². The number of rotatable bonds is 2. The normalized spacial score (nSPS) is 14.6. The molecule has 0 bridgehead atoms. The van der Waals surface area contributed by atoms with E-state index in [4.69, 9.17) is 5.11 Å². The Bertz CT molecular complexity index is 114. The first-order chi connectivity index (χ1) is 4.74.